The molecule has 0 saturated heterocycles. The van der Waals surface area contributed by atoms with Crippen LogP contribution in [0.5, 0.6) is 0 Å². The third-order valence-electron chi connectivity index (χ3n) is 0.305. The first-order valence-corrected chi connectivity index (χ1v) is 7.57. The second-order valence-electron chi connectivity index (χ2n) is 1.89. The van der Waals surface area contributed by atoms with Crippen molar-refractivity contribution in [1.82, 2.24) is 0 Å². The van der Waals surface area contributed by atoms with E-state index in [4.69, 9.17) is 19.2 Å². The third kappa shape index (κ3) is 47.4. The van der Waals surface area contributed by atoms with Crippen LogP contribution in [0.4, 0.5) is 0 Å². The Morgan fingerprint density at radius 2 is 1.62 bits per heavy atom. The maximum atomic E-state index is 9.79. The molecule has 0 spiro atoms. The van der Waals surface area contributed by atoms with Crippen molar-refractivity contribution in [2.24, 2.45) is 0 Å². The van der Waals surface area contributed by atoms with Crippen LogP contribution < -0.4 is 0 Å². The topological polar surface area (TPSA) is 149 Å². The number of rotatable bonds is 2. The van der Waals surface area contributed by atoms with Gasteiger partial charge in [-0.15, -0.1) is 0 Å². The molecule has 0 saturated carbocycles. The maximum absolute atomic E-state index is 9.79. The van der Waals surface area contributed by atoms with Gasteiger partial charge in [-0.25, -0.2) is 0 Å². The highest BCUT2D eigenvalue weighted by atomic mass is 32.2. The second kappa shape index (κ2) is 5.77. The van der Waals surface area contributed by atoms with Gasteiger partial charge in [0.05, 0.1) is 6.26 Å². The molecule has 11 heteroatoms. The molecule has 0 aliphatic rings. The molecule has 4 N–H and O–H groups in total. The fraction of sp³-hybridized carbons (Fsp3) is 1.00. The highest BCUT2D eigenvalue weighted by Crippen LogP contribution is 2.42. The van der Waals surface area contributed by atoms with E-state index < -0.39 is 31.6 Å². The SMILES string of the molecule is CS(=O)(=O)O.O=[P+](O)CP(=O)(O)O. The first-order valence-electron chi connectivity index (χ1n) is 2.52. The molecule has 0 aliphatic carbocycles. The Labute approximate surface area is 75.4 Å². The third-order valence-corrected chi connectivity index (χ3v) is 2.75. The summed E-state index contributed by atoms with van der Waals surface area (Å²) in [5.74, 6) is -0.942. The van der Waals surface area contributed by atoms with Gasteiger partial charge in [0.2, 0.25) is 0 Å². The van der Waals surface area contributed by atoms with Gasteiger partial charge in [0.1, 0.15) is 0 Å². The lowest BCUT2D eigenvalue weighted by Crippen LogP contribution is -1.88. The predicted octanol–water partition coefficient (Wildman–Crippen LogP) is -0.640. The molecule has 1 unspecified atom stereocenters. The fourth-order valence-corrected chi connectivity index (χ4v) is 1.42. The molecular weight excluding hydrogens is 246 g/mol. The molecule has 0 rings (SSSR count). The predicted molar refractivity (Wildman–Crippen MR) is 44.2 cm³/mol. The van der Waals surface area contributed by atoms with E-state index in [9.17, 15) is 17.5 Å². The van der Waals surface area contributed by atoms with Crippen LogP contribution in [-0.2, 0) is 19.2 Å². The molecule has 0 heterocycles. The summed E-state index contributed by atoms with van der Waals surface area (Å²) in [6.07, 6.45) is 0.715. The minimum Gasteiger partial charge on any atom is -0.321 e. The van der Waals surface area contributed by atoms with E-state index in [1.54, 1.807) is 0 Å². The largest absolute Gasteiger partial charge is 0.518 e. The summed E-state index contributed by atoms with van der Waals surface area (Å²) >= 11 is 0. The van der Waals surface area contributed by atoms with Crippen LogP contribution in [-0.4, -0.2) is 39.8 Å². The molecule has 0 bridgehead atoms. The number of hydrogen-bond acceptors (Lipinski definition) is 4. The highest BCUT2D eigenvalue weighted by Gasteiger charge is 2.27. The van der Waals surface area contributed by atoms with E-state index in [2.05, 4.69) is 0 Å². The van der Waals surface area contributed by atoms with Gasteiger partial charge in [-0.05, 0) is 4.57 Å². The minimum atomic E-state index is -4.26. The molecule has 0 aromatic rings. The Balaban J connectivity index is 0. The van der Waals surface area contributed by atoms with Crippen molar-refractivity contribution in [3.63, 3.8) is 0 Å². The molecule has 0 amide bonds. The Morgan fingerprint density at radius 3 is 1.62 bits per heavy atom. The van der Waals surface area contributed by atoms with Crippen LogP contribution in [0.25, 0.3) is 0 Å². The summed E-state index contributed by atoms with van der Waals surface area (Å²) in [7, 11) is -10.6. The Morgan fingerprint density at radius 1 is 1.38 bits per heavy atom. The highest BCUT2D eigenvalue weighted by molar-refractivity contribution is 7.85. The lowest BCUT2D eigenvalue weighted by Gasteiger charge is -1.88. The Kier molecular flexibility index (Phi) is 6.91. The van der Waals surface area contributed by atoms with E-state index in [1.165, 1.54) is 0 Å². The van der Waals surface area contributed by atoms with Crippen LogP contribution in [0, 0.1) is 0 Å². The normalized spacial score (nSPS) is 12.8. The van der Waals surface area contributed by atoms with Gasteiger partial charge in [0.25, 0.3) is 16.0 Å². The zero-order chi connectivity index (χ0) is 11.3. The molecule has 0 aromatic heterocycles. The summed E-state index contributed by atoms with van der Waals surface area (Å²) in [6, 6.07) is 0. The number of hydrogen-bond donors (Lipinski definition) is 4. The van der Waals surface area contributed by atoms with Crippen LogP contribution in [0.1, 0.15) is 0 Å². The van der Waals surface area contributed by atoms with Gasteiger partial charge in [0.15, 0.2) is 0 Å². The molecule has 0 fully saturated rings. The van der Waals surface area contributed by atoms with E-state index in [0.717, 1.165) is 0 Å². The van der Waals surface area contributed by atoms with Gasteiger partial charge in [-0.1, -0.05) is 0 Å². The van der Waals surface area contributed by atoms with E-state index in [-0.39, 0.29) is 0 Å². The summed E-state index contributed by atoms with van der Waals surface area (Å²) in [6.45, 7) is 0. The quantitative estimate of drug-likeness (QED) is 0.376. The summed E-state index contributed by atoms with van der Waals surface area (Å²) in [4.78, 5) is 23.8. The van der Waals surface area contributed by atoms with Crippen LogP contribution in [0.2, 0.25) is 0 Å². The lowest BCUT2D eigenvalue weighted by molar-refractivity contribution is 0.377. The van der Waals surface area contributed by atoms with Crippen molar-refractivity contribution in [1.29, 1.82) is 0 Å². The van der Waals surface area contributed by atoms with Crippen LogP contribution >= 0.6 is 15.6 Å². The standard InChI is InChI=1S/CH4O5P2.CH4O3S/c2-7(3)1-8(4,5)6;1-5(2,3)4/h1H2,(H2-,2,3,4,5,6);1H3,(H,2,3,4)/p+1. The molecule has 8 nitrogen and oxygen atoms in total. The van der Waals surface area contributed by atoms with Crippen LogP contribution in [0.15, 0.2) is 0 Å². The van der Waals surface area contributed by atoms with Gasteiger partial charge in [-0.3, -0.25) is 9.12 Å². The first-order chi connectivity index (χ1) is 5.42. The average molecular weight is 255 g/mol. The van der Waals surface area contributed by atoms with E-state index >= 15 is 0 Å². The van der Waals surface area contributed by atoms with Crippen molar-refractivity contribution < 1.29 is 36.8 Å². The first kappa shape index (κ1) is 15.6. The molecule has 1 atom stereocenters. The van der Waals surface area contributed by atoms with E-state index in [1.807, 2.05) is 0 Å². The summed E-state index contributed by atoms with van der Waals surface area (Å²) in [5.41, 5.74) is 0. The van der Waals surface area contributed by atoms with Gasteiger partial charge in [0, 0.05) is 0 Å². The van der Waals surface area contributed by atoms with Gasteiger partial charge in [-0.2, -0.15) is 13.3 Å². The summed E-state index contributed by atoms with van der Waals surface area (Å²) < 4.78 is 45.3. The fourth-order valence-electron chi connectivity index (χ4n) is 0.158. The molecule has 0 aliphatic heterocycles. The molecule has 13 heavy (non-hydrogen) atoms. The zero-order valence-electron chi connectivity index (χ0n) is 6.43. The van der Waals surface area contributed by atoms with Crippen molar-refractivity contribution in [3.8, 4) is 0 Å². The van der Waals surface area contributed by atoms with Crippen LogP contribution in [0.3, 0.4) is 0 Å². The Bertz CT molecular complexity index is 290. The average Bonchev–Trinajstić information content (AvgIpc) is 1.47. The molecular formula is C2H9O8P2S+. The minimum absolute atomic E-state index is 0.715. The van der Waals surface area contributed by atoms with Crippen molar-refractivity contribution in [2.45, 2.75) is 0 Å². The zero-order valence-corrected chi connectivity index (χ0v) is 9.04. The maximum Gasteiger partial charge on any atom is 0.518 e. The molecule has 0 aromatic carbocycles. The van der Waals surface area contributed by atoms with E-state index in [0.29, 0.717) is 6.26 Å². The Hall–Kier alpha value is 0.120. The lowest BCUT2D eigenvalue weighted by atomic mass is 11.9. The van der Waals surface area contributed by atoms with Gasteiger partial charge >= 0.3 is 15.6 Å². The summed E-state index contributed by atoms with van der Waals surface area (Å²) in [5, 5.41) is 0. The molecule has 0 radical (unpaired) electrons. The van der Waals surface area contributed by atoms with Crippen molar-refractivity contribution in [2.75, 3.05) is 12.2 Å². The van der Waals surface area contributed by atoms with Crippen molar-refractivity contribution >= 4 is 25.7 Å². The second-order valence-corrected chi connectivity index (χ2v) is 6.52. The van der Waals surface area contributed by atoms with Gasteiger partial charge < -0.3 is 9.79 Å². The molecule has 80 valence electrons. The smallest absolute Gasteiger partial charge is 0.321 e. The monoisotopic (exact) mass is 255 g/mol. The van der Waals surface area contributed by atoms with Crippen molar-refractivity contribution in [3.05, 3.63) is 0 Å².